The number of nitrogens with zero attached hydrogens (tertiary/aromatic N) is 3. The van der Waals surface area contributed by atoms with E-state index >= 15 is 0 Å². The topological polar surface area (TPSA) is 19.4 Å². The number of aromatic nitrogens is 1. The fourth-order valence-electron chi connectivity index (χ4n) is 2.65. The molecule has 0 radical (unpaired) electrons. The van der Waals surface area contributed by atoms with Crippen LogP contribution in [-0.4, -0.2) is 42.1 Å². The summed E-state index contributed by atoms with van der Waals surface area (Å²) in [4.78, 5) is 9.45. The summed E-state index contributed by atoms with van der Waals surface area (Å²) in [7, 11) is 2.21. The first-order chi connectivity index (χ1) is 8.79. The second-order valence-corrected chi connectivity index (χ2v) is 6.92. The molecular weight excluding hydrogens is 234 g/mol. The van der Waals surface area contributed by atoms with Crippen LogP contribution in [0.25, 0.3) is 0 Å². The Balaban J connectivity index is 2.23. The summed E-state index contributed by atoms with van der Waals surface area (Å²) in [6.07, 6.45) is 1.95. The van der Waals surface area contributed by atoms with Crippen molar-refractivity contribution in [3.05, 3.63) is 23.9 Å². The van der Waals surface area contributed by atoms with E-state index in [4.69, 9.17) is 0 Å². The summed E-state index contributed by atoms with van der Waals surface area (Å²) in [5.74, 6) is 1.12. The number of hydrogen-bond acceptors (Lipinski definition) is 3. The van der Waals surface area contributed by atoms with Crippen LogP contribution in [-0.2, 0) is 5.41 Å². The van der Waals surface area contributed by atoms with Crippen LogP contribution < -0.4 is 4.90 Å². The van der Waals surface area contributed by atoms with E-state index in [1.54, 1.807) is 0 Å². The van der Waals surface area contributed by atoms with Crippen molar-refractivity contribution in [2.75, 3.05) is 25.0 Å². The van der Waals surface area contributed by atoms with Gasteiger partial charge in [0.2, 0.25) is 0 Å². The minimum atomic E-state index is 0.182. The van der Waals surface area contributed by atoms with Crippen molar-refractivity contribution in [2.45, 2.75) is 52.1 Å². The Morgan fingerprint density at radius 1 is 1.16 bits per heavy atom. The number of hydrogen-bond donors (Lipinski definition) is 0. The molecule has 0 saturated carbocycles. The molecule has 1 aromatic rings. The molecule has 19 heavy (non-hydrogen) atoms. The first kappa shape index (κ1) is 14.3. The molecule has 1 aromatic heterocycles. The van der Waals surface area contributed by atoms with Gasteiger partial charge in [-0.2, -0.15) is 0 Å². The third-order valence-corrected chi connectivity index (χ3v) is 4.30. The van der Waals surface area contributed by atoms with Crippen LogP contribution in [0.2, 0.25) is 0 Å². The molecule has 2 unspecified atom stereocenters. The van der Waals surface area contributed by atoms with Crippen molar-refractivity contribution < 1.29 is 0 Å². The van der Waals surface area contributed by atoms with Gasteiger partial charge < -0.3 is 4.90 Å². The van der Waals surface area contributed by atoms with Gasteiger partial charge >= 0.3 is 0 Å². The minimum absolute atomic E-state index is 0.182. The Morgan fingerprint density at radius 3 is 2.26 bits per heavy atom. The Hall–Kier alpha value is -1.09. The fraction of sp³-hybridized carbons (Fsp3) is 0.688. The van der Waals surface area contributed by atoms with Crippen molar-refractivity contribution in [1.82, 2.24) is 9.88 Å². The molecule has 0 aliphatic carbocycles. The van der Waals surface area contributed by atoms with Gasteiger partial charge in [0.05, 0.1) is 0 Å². The van der Waals surface area contributed by atoms with Crippen molar-refractivity contribution in [1.29, 1.82) is 0 Å². The first-order valence-corrected chi connectivity index (χ1v) is 7.22. The molecule has 106 valence electrons. The van der Waals surface area contributed by atoms with Crippen LogP contribution in [0.3, 0.4) is 0 Å². The average Bonchev–Trinajstić information content (AvgIpc) is 2.34. The predicted octanol–water partition coefficient (Wildman–Crippen LogP) is 2.91. The van der Waals surface area contributed by atoms with Crippen LogP contribution in [0.5, 0.6) is 0 Å². The molecule has 2 atom stereocenters. The van der Waals surface area contributed by atoms with Gasteiger partial charge in [-0.15, -0.1) is 0 Å². The highest BCUT2D eigenvalue weighted by Gasteiger charge is 2.27. The number of pyridine rings is 1. The number of piperazine rings is 1. The van der Waals surface area contributed by atoms with E-state index in [9.17, 15) is 0 Å². The molecular formula is C16H27N3. The van der Waals surface area contributed by atoms with E-state index < -0.39 is 0 Å². The highest BCUT2D eigenvalue weighted by atomic mass is 15.3. The van der Waals surface area contributed by atoms with Gasteiger partial charge in [0.25, 0.3) is 0 Å². The Morgan fingerprint density at radius 2 is 1.74 bits per heavy atom. The summed E-state index contributed by atoms with van der Waals surface area (Å²) in [6.45, 7) is 13.4. The second-order valence-electron chi connectivity index (χ2n) is 6.92. The van der Waals surface area contributed by atoms with Crippen LogP contribution in [0.15, 0.2) is 18.3 Å². The van der Waals surface area contributed by atoms with E-state index in [0.29, 0.717) is 12.1 Å². The standard InChI is InChI=1S/C16H27N3/c1-12-10-19(11-13(2)18(12)6)15-9-14(7-8-17-15)16(3,4)5/h7-9,12-13H,10-11H2,1-6H3. The predicted molar refractivity (Wildman–Crippen MR) is 81.8 cm³/mol. The summed E-state index contributed by atoms with van der Waals surface area (Å²) >= 11 is 0. The summed E-state index contributed by atoms with van der Waals surface area (Å²) in [6, 6.07) is 5.53. The zero-order valence-electron chi connectivity index (χ0n) is 13.1. The van der Waals surface area contributed by atoms with Gasteiger partial charge in [0.1, 0.15) is 5.82 Å². The van der Waals surface area contributed by atoms with Crippen LogP contribution in [0.4, 0.5) is 5.82 Å². The van der Waals surface area contributed by atoms with Gasteiger partial charge in [-0.3, -0.25) is 4.90 Å². The summed E-state index contributed by atoms with van der Waals surface area (Å²) < 4.78 is 0. The largest absolute Gasteiger partial charge is 0.353 e. The molecule has 0 N–H and O–H groups in total. The molecule has 0 bridgehead atoms. The lowest BCUT2D eigenvalue weighted by molar-refractivity contribution is 0.169. The monoisotopic (exact) mass is 261 g/mol. The lowest BCUT2D eigenvalue weighted by Crippen LogP contribution is -2.55. The van der Waals surface area contributed by atoms with Gasteiger partial charge in [0.15, 0.2) is 0 Å². The highest BCUT2D eigenvalue weighted by Crippen LogP contribution is 2.26. The third-order valence-electron chi connectivity index (χ3n) is 4.30. The molecule has 1 aliphatic heterocycles. The molecule has 1 saturated heterocycles. The van der Waals surface area contributed by atoms with E-state index in [0.717, 1.165) is 18.9 Å². The molecule has 0 spiro atoms. The van der Waals surface area contributed by atoms with E-state index in [1.807, 2.05) is 6.20 Å². The second kappa shape index (κ2) is 5.12. The van der Waals surface area contributed by atoms with Gasteiger partial charge in [-0.1, -0.05) is 20.8 Å². The normalized spacial score (nSPS) is 25.7. The molecule has 3 heteroatoms. The van der Waals surface area contributed by atoms with Crippen molar-refractivity contribution in [3.63, 3.8) is 0 Å². The Kier molecular flexibility index (Phi) is 3.86. The molecule has 2 rings (SSSR count). The third kappa shape index (κ3) is 3.08. The fourth-order valence-corrected chi connectivity index (χ4v) is 2.65. The van der Waals surface area contributed by atoms with Gasteiger partial charge in [-0.25, -0.2) is 4.98 Å². The lowest BCUT2D eigenvalue weighted by atomic mass is 9.87. The van der Waals surface area contributed by atoms with Crippen molar-refractivity contribution >= 4 is 5.82 Å². The van der Waals surface area contributed by atoms with Crippen LogP contribution in [0, 0.1) is 0 Å². The van der Waals surface area contributed by atoms with E-state index in [2.05, 4.69) is 68.6 Å². The number of likely N-dealkylation sites (N-methyl/N-ethyl adjacent to an activating group) is 1. The Labute approximate surface area is 117 Å². The molecule has 3 nitrogen and oxygen atoms in total. The maximum Gasteiger partial charge on any atom is 0.128 e. The van der Waals surface area contributed by atoms with Crippen molar-refractivity contribution in [2.24, 2.45) is 0 Å². The smallest absolute Gasteiger partial charge is 0.128 e. The lowest BCUT2D eigenvalue weighted by Gasteiger charge is -2.43. The summed E-state index contributed by atoms with van der Waals surface area (Å²) in [5.41, 5.74) is 1.54. The van der Waals surface area contributed by atoms with Gasteiger partial charge in [0, 0.05) is 31.4 Å². The van der Waals surface area contributed by atoms with Crippen LogP contribution >= 0.6 is 0 Å². The first-order valence-electron chi connectivity index (χ1n) is 7.22. The average molecular weight is 261 g/mol. The zero-order valence-corrected chi connectivity index (χ0v) is 13.1. The Bertz CT molecular complexity index is 424. The molecule has 1 fully saturated rings. The maximum atomic E-state index is 4.58. The number of rotatable bonds is 1. The maximum absolute atomic E-state index is 4.58. The van der Waals surface area contributed by atoms with E-state index in [-0.39, 0.29) is 5.41 Å². The molecule has 0 amide bonds. The minimum Gasteiger partial charge on any atom is -0.353 e. The summed E-state index contributed by atoms with van der Waals surface area (Å²) in [5, 5.41) is 0. The van der Waals surface area contributed by atoms with Gasteiger partial charge in [-0.05, 0) is 44.0 Å². The molecule has 0 aromatic carbocycles. The van der Waals surface area contributed by atoms with Crippen LogP contribution in [0.1, 0.15) is 40.2 Å². The zero-order chi connectivity index (χ0) is 14.2. The number of anilines is 1. The quantitative estimate of drug-likeness (QED) is 0.775. The molecule has 1 aliphatic rings. The SMILES string of the molecule is CC1CN(c2cc(C(C)(C)C)ccn2)CC(C)N1C. The van der Waals surface area contributed by atoms with Crippen molar-refractivity contribution in [3.8, 4) is 0 Å². The van der Waals surface area contributed by atoms with E-state index in [1.165, 1.54) is 5.56 Å². The molecule has 2 heterocycles. The highest BCUT2D eigenvalue weighted by molar-refractivity contribution is 5.43.